The van der Waals surface area contributed by atoms with Crippen molar-refractivity contribution in [2.45, 2.75) is 20.3 Å². The van der Waals surface area contributed by atoms with E-state index < -0.39 is 0 Å². The van der Waals surface area contributed by atoms with Gasteiger partial charge in [-0.1, -0.05) is 26.1 Å². The predicted molar refractivity (Wildman–Crippen MR) is 50.0 cm³/mol. The van der Waals surface area contributed by atoms with Crippen molar-refractivity contribution in [3.05, 3.63) is 6.92 Å². The molecule has 0 aliphatic heterocycles. The first kappa shape index (κ1) is 9.89. The van der Waals surface area contributed by atoms with Crippen LogP contribution >= 0.6 is 12.2 Å². The van der Waals surface area contributed by atoms with Crippen LogP contribution < -0.4 is 0 Å². The second-order valence-corrected chi connectivity index (χ2v) is 3.38. The van der Waals surface area contributed by atoms with Crippen molar-refractivity contribution in [2.75, 3.05) is 13.6 Å². The van der Waals surface area contributed by atoms with Crippen LogP contribution in [0.3, 0.4) is 0 Å². The van der Waals surface area contributed by atoms with Crippen molar-refractivity contribution in [1.82, 2.24) is 4.90 Å². The van der Waals surface area contributed by atoms with Gasteiger partial charge in [-0.15, -0.1) is 0 Å². The molecule has 0 bridgehead atoms. The molecule has 0 aromatic carbocycles. The van der Waals surface area contributed by atoms with E-state index >= 15 is 0 Å². The Labute approximate surface area is 69.4 Å². The number of hydrogen-bond acceptors (Lipinski definition) is 1. The van der Waals surface area contributed by atoms with Crippen molar-refractivity contribution < 1.29 is 0 Å². The van der Waals surface area contributed by atoms with Crippen LogP contribution in [0.5, 0.6) is 0 Å². The van der Waals surface area contributed by atoms with Gasteiger partial charge in [-0.05, 0) is 12.8 Å². The average Bonchev–Trinajstić information content (AvgIpc) is 1.85. The van der Waals surface area contributed by atoms with E-state index in [1.54, 1.807) is 0 Å². The van der Waals surface area contributed by atoms with Gasteiger partial charge in [0.25, 0.3) is 0 Å². The van der Waals surface area contributed by atoms with Crippen LogP contribution in [0.1, 0.15) is 20.3 Å². The van der Waals surface area contributed by atoms with Gasteiger partial charge in [0, 0.05) is 20.0 Å². The summed E-state index contributed by atoms with van der Waals surface area (Å²) < 4.78 is 0. The minimum Gasteiger partial charge on any atom is -0.369 e. The lowest BCUT2D eigenvalue weighted by Gasteiger charge is -2.18. The third kappa shape index (κ3) is 3.83. The van der Waals surface area contributed by atoms with E-state index in [-0.39, 0.29) is 0 Å². The van der Waals surface area contributed by atoms with Crippen molar-refractivity contribution in [1.29, 1.82) is 0 Å². The molecule has 0 aliphatic carbocycles. The third-order valence-electron chi connectivity index (χ3n) is 1.34. The summed E-state index contributed by atoms with van der Waals surface area (Å²) in [5, 5.41) is 0. The Hall–Kier alpha value is -0.110. The summed E-state index contributed by atoms with van der Waals surface area (Å²) in [6.07, 6.45) is 1.00. The van der Waals surface area contributed by atoms with Crippen molar-refractivity contribution in [3.63, 3.8) is 0 Å². The van der Waals surface area contributed by atoms with Crippen LogP contribution in [-0.4, -0.2) is 23.5 Å². The highest BCUT2D eigenvalue weighted by Crippen LogP contribution is 2.03. The zero-order chi connectivity index (χ0) is 8.15. The SMILES string of the molecule is [CH2]CN(C)C(=S)CC(C)C. The molecule has 59 valence electrons. The van der Waals surface area contributed by atoms with E-state index in [1.807, 2.05) is 11.9 Å². The molecule has 0 spiro atoms. The largest absolute Gasteiger partial charge is 0.369 e. The summed E-state index contributed by atoms with van der Waals surface area (Å²) in [7, 11) is 1.98. The van der Waals surface area contributed by atoms with Gasteiger partial charge in [0.15, 0.2) is 0 Å². The summed E-state index contributed by atoms with van der Waals surface area (Å²) in [4.78, 5) is 3.03. The lowest BCUT2D eigenvalue weighted by Crippen LogP contribution is -2.25. The van der Waals surface area contributed by atoms with Crippen molar-refractivity contribution in [3.8, 4) is 0 Å². The van der Waals surface area contributed by atoms with Crippen LogP contribution in [-0.2, 0) is 0 Å². The molecule has 0 amide bonds. The van der Waals surface area contributed by atoms with Gasteiger partial charge in [-0.3, -0.25) is 0 Å². The van der Waals surface area contributed by atoms with Crippen LogP contribution in [0.4, 0.5) is 0 Å². The van der Waals surface area contributed by atoms with Crippen LogP contribution in [0.15, 0.2) is 0 Å². The van der Waals surface area contributed by atoms with E-state index in [4.69, 9.17) is 12.2 Å². The molecule has 0 heterocycles. The Balaban J connectivity index is 3.62. The van der Waals surface area contributed by atoms with Crippen molar-refractivity contribution in [2.24, 2.45) is 5.92 Å². The molecule has 0 N–H and O–H groups in total. The highest BCUT2D eigenvalue weighted by atomic mass is 32.1. The minimum atomic E-state index is 0.654. The van der Waals surface area contributed by atoms with Crippen LogP contribution in [0.25, 0.3) is 0 Å². The van der Waals surface area contributed by atoms with Gasteiger partial charge in [-0.2, -0.15) is 0 Å². The van der Waals surface area contributed by atoms with E-state index in [0.717, 1.165) is 18.0 Å². The topological polar surface area (TPSA) is 3.24 Å². The lowest BCUT2D eigenvalue weighted by atomic mass is 10.1. The number of hydrogen-bond donors (Lipinski definition) is 0. The smallest absolute Gasteiger partial charge is 0.0779 e. The zero-order valence-electron chi connectivity index (χ0n) is 7.05. The molecule has 10 heavy (non-hydrogen) atoms. The summed E-state index contributed by atoms with van der Waals surface area (Å²) in [5.41, 5.74) is 0. The maximum absolute atomic E-state index is 5.14. The fraction of sp³-hybridized carbons (Fsp3) is 0.750. The zero-order valence-corrected chi connectivity index (χ0v) is 7.87. The van der Waals surface area contributed by atoms with Gasteiger partial charge >= 0.3 is 0 Å². The highest BCUT2D eigenvalue weighted by Gasteiger charge is 2.03. The Bertz CT molecular complexity index is 110. The number of nitrogens with zero attached hydrogens (tertiary/aromatic N) is 1. The normalized spacial score (nSPS) is 10.1. The van der Waals surface area contributed by atoms with Gasteiger partial charge < -0.3 is 4.90 Å². The molecule has 1 nitrogen and oxygen atoms in total. The van der Waals surface area contributed by atoms with E-state index in [9.17, 15) is 0 Å². The summed E-state index contributed by atoms with van der Waals surface area (Å²) >= 11 is 5.14. The number of thiocarbonyl (C=S) groups is 1. The first-order chi connectivity index (χ1) is 4.57. The molecule has 0 aliphatic rings. The molecule has 0 saturated carbocycles. The molecule has 0 aromatic rings. The fourth-order valence-electron chi connectivity index (χ4n) is 0.630. The van der Waals surface area contributed by atoms with E-state index in [2.05, 4.69) is 20.8 Å². The predicted octanol–water partition coefficient (Wildman–Crippen LogP) is 2.13. The quantitative estimate of drug-likeness (QED) is 0.579. The molecular weight excluding hydrogens is 142 g/mol. The first-order valence-electron chi connectivity index (χ1n) is 3.61. The lowest BCUT2D eigenvalue weighted by molar-refractivity contribution is 0.536. The second-order valence-electron chi connectivity index (χ2n) is 2.91. The van der Waals surface area contributed by atoms with Crippen LogP contribution in [0.2, 0.25) is 0 Å². The first-order valence-corrected chi connectivity index (χ1v) is 4.02. The molecule has 0 aromatic heterocycles. The van der Waals surface area contributed by atoms with Gasteiger partial charge in [-0.25, -0.2) is 0 Å². The average molecular weight is 158 g/mol. The van der Waals surface area contributed by atoms with Crippen LogP contribution in [0, 0.1) is 12.8 Å². The Morgan fingerprint density at radius 3 is 2.40 bits per heavy atom. The monoisotopic (exact) mass is 158 g/mol. The minimum absolute atomic E-state index is 0.654. The molecule has 0 fully saturated rings. The Morgan fingerprint density at radius 1 is 1.60 bits per heavy atom. The Morgan fingerprint density at radius 2 is 2.10 bits per heavy atom. The molecule has 1 radical (unpaired) electrons. The highest BCUT2D eigenvalue weighted by molar-refractivity contribution is 7.80. The molecule has 0 atom stereocenters. The fourth-order valence-corrected chi connectivity index (χ4v) is 1.05. The number of rotatable bonds is 3. The molecule has 0 unspecified atom stereocenters. The van der Waals surface area contributed by atoms with Gasteiger partial charge in [0.05, 0.1) is 4.99 Å². The summed E-state index contributed by atoms with van der Waals surface area (Å²) in [6, 6.07) is 0. The standard InChI is InChI=1S/C8H16NS/c1-5-9(4)8(10)6-7(2)3/h7H,1,5-6H2,2-4H3. The maximum Gasteiger partial charge on any atom is 0.0779 e. The third-order valence-corrected chi connectivity index (χ3v) is 1.82. The van der Waals surface area contributed by atoms with Crippen molar-refractivity contribution >= 4 is 17.2 Å². The molecule has 0 rings (SSSR count). The maximum atomic E-state index is 5.14. The summed E-state index contributed by atoms with van der Waals surface area (Å²) in [6.45, 7) is 8.86. The van der Waals surface area contributed by atoms with E-state index in [1.165, 1.54) is 0 Å². The van der Waals surface area contributed by atoms with Gasteiger partial charge in [0.1, 0.15) is 0 Å². The molecule has 2 heteroatoms. The molecular formula is C8H16NS. The van der Waals surface area contributed by atoms with Gasteiger partial charge in [0.2, 0.25) is 0 Å². The Kier molecular flexibility index (Phi) is 4.62. The molecule has 0 saturated heterocycles. The second kappa shape index (κ2) is 4.67. The summed E-state index contributed by atoms with van der Waals surface area (Å²) in [5.74, 6) is 0.654. The van der Waals surface area contributed by atoms with E-state index in [0.29, 0.717) is 5.92 Å².